The molecule has 0 bridgehead atoms. The fourth-order valence-electron chi connectivity index (χ4n) is 3.90. The summed E-state index contributed by atoms with van der Waals surface area (Å²) in [7, 11) is 0. The van der Waals surface area contributed by atoms with Crippen LogP contribution in [0, 0.1) is 0 Å². The summed E-state index contributed by atoms with van der Waals surface area (Å²) in [5.41, 5.74) is 5.56. The van der Waals surface area contributed by atoms with Crippen LogP contribution >= 0.6 is 0 Å². The third-order valence-corrected chi connectivity index (χ3v) is 5.01. The molecule has 1 unspecified atom stereocenters. The van der Waals surface area contributed by atoms with E-state index in [0.717, 1.165) is 27.8 Å². The Morgan fingerprint density at radius 1 is 1.04 bits per heavy atom. The van der Waals surface area contributed by atoms with Crippen molar-refractivity contribution >= 4 is 5.78 Å². The lowest BCUT2D eigenvalue weighted by Crippen LogP contribution is -2.36. The van der Waals surface area contributed by atoms with Crippen molar-refractivity contribution in [1.82, 2.24) is 15.0 Å². The second kappa shape index (κ2) is 4.59. The van der Waals surface area contributed by atoms with Gasteiger partial charge >= 0.3 is 0 Å². The average molecular weight is 321 g/mol. The summed E-state index contributed by atoms with van der Waals surface area (Å²) in [6.45, 7) is 0.517. The van der Waals surface area contributed by atoms with Crippen LogP contribution in [0.3, 0.4) is 0 Å². The first kappa shape index (κ1) is 13.6. The lowest BCUT2D eigenvalue weighted by Gasteiger charge is -2.34. The van der Waals surface area contributed by atoms with Crippen LogP contribution in [-0.2, 0) is 6.42 Å². The Morgan fingerprint density at radius 2 is 1.75 bits per heavy atom. The molecule has 6 nitrogen and oxygen atoms in total. The summed E-state index contributed by atoms with van der Waals surface area (Å²) in [5, 5.41) is 21.3. The summed E-state index contributed by atoms with van der Waals surface area (Å²) in [5.74, 6) is 0.110. The molecule has 4 N–H and O–H groups in total. The largest absolute Gasteiger partial charge is 0.508 e. The Labute approximate surface area is 137 Å². The van der Waals surface area contributed by atoms with Gasteiger partial charge in [-0.3, -0.25) is 4.79 Å². The van der Waals surface area contributed by atoms with Crippen LogP contribution in [-0.4, -0.2) is 37.7 Å². The van der Waals surface area contributed by atoms with E-state index in [2.05, 4.69) is 9.97 Å². The van der Waals surface area contributed by atoms with Crippen LogP contribution in [0.25, 0.3) is 11.1 Å². The zero-order chi connectivity index (χ0) is 16.4. The lowest BCUT2D eigenvalue weighted by atomic mass is 9.81. The number of carbonyl (C=O) groups excluding carboxylic acids is 1. The average Bonchev–Trinajstić information content (AvgIpc) is 3.20. The minimum Gasteiger partial charge on any atom is -0.508 e. The van der Waals surface area contributed by atoms with Crippen molar-refractivity contribution in [3.63, 3.8) is 0 Å². The van der Waals surface area contributed by atoms with Crippen molar-refractivity contribution in [1.29, 1.82) is 0 Å². The molecule has 3 heterocycles. The summed E-state index contributed by atoms with van der Waals surface area (Å²) >= 11 is 0. The van der Waals surface area contributed by atoms with Crippen LogP contribution in [0.15, 0.2) is 36.7 Å². The fraction of sp³-hybridized carbons (Fsp3) is 0.167. The predicted octanol–water partition coefficient (Wildman–Crippen LogP) is 2.60. The van der Waals surface area contributed by atoms with Gasteiger partial charge in [0, 0.05) is 35.6 Å². The predicted molar refractivity (Wildman–Crippen MR) is 86.2 cm³/mol. The molecule has 1 aromatic carbocycles. The maximum atomic E-state index is 12.8. The van der Waals surface area contributed by atoms with Gasteiger partial charge in [0.2, 0.25) is 5.78 Å². The second-order valence-electron chi connectivity index (χ2n) is 6.29. The molecule has 2 aliphatic rings. The number of H-pyrrole nitrogens is 2. The van der Waals surface area contributed by atoms with Crippen LogP contribution in [0.5, 0.6) is 5.75 Å². The molecule has 0 saturated heterocycles. The van der Waals surface area contributed by atoms with Gasteiger partial charge in [0.15, 0.2) is 0 Å². The number of rotatable bonds is 1. The quantitative estimate of drug-likeness (QED) is 0.554. The summed E-state index contributed by atoms with van der Waals surface area (Å²) in [6.07, 6.45) is 4.37. The normalized spacial score (nSPS) is 19.2. The number of aromatic hydroxyl groups is 1. The smallest absolute Gasteiger partial charge is 0.226 e. The number of nitrogens with zero attached hydrogens (tertiary/aromatic N) is 1. The number of fused-ring (bicyclic) bond motifs is 2. The molecule has 0 saturated carbocycles. The van der Waals surface area contributed by atoms with Crippen molar-refractivity contribution in [2.75, 3.05) is 6.54 Å². The molecule has 0 amide bonds. The summed E-state index contributed by atoms with van der Waals surface area (Å²) in [6, 6.07) is 6.48. The van der Waals surface area contributed by atoms with Gasteiger partial charge < -0.3 is 20.3 Å². The van der Waals surface area contributed by atoms with E-state index >= 15 is 0 Å². The van der Waals surface area contributed by atoms with Gasteiger partial charge in [-0.2, -0.15) is 5.06 Å². The van der Waals surface area contributed by atoms with Crippen molar-refractivity contribution in [3.05, 3.63) is 64.7 Å². The number of hydroxylamine groups is 2. The van der Waals surface area contributed by atoms with E-state index < -0.39 is 0 Å². The Hall–Kier alpha value is -2.83. The number of carbonyl (C=O) groups is 1. The number of nitrogens with one attached hydrogen (secondary N) is 2. The molecule has 120 valence electrons. The topological polar surface area (TPSA) is 92.3 Å². The van der Waals surface area contributed by atoms with E-state index in [1.165, 1.54) is 5.06 Å². The van der Waals surface area contributed by atoms with E-state index in [1.54, 1.807) is 30.5 Å². The number of hydrogen-bond acceptors (Lipinski definition) is 4. The molecule has 3 aromatic rings. The van der Waals surface area contributed by atoms with Gasteiger partial charge in [0.25, 0.3) is 0 Å². The van der Waals surface area contributed by atoms with Gasteiger partial charge in [-0.25, -0.2) is 0 Å². The maximum Gasteiger partial charge on any atom is 0.226 e. The molecule has 0 fully saturated rings. The van der Waals surface area contributed by atoms with Gasteiger partial charge in [0.05, 0.1) is 17.4 Å². The second-order valence-corrected chi connectivity index (χ2v) is 6.29. The first-order chi connectivity index (χ1) is 11.6. The highest BCUT2D eigenvalue weighted by Crippen LogP contribution is 2.46. The van der Waals surface area contributed by atoms with Gasteiger partial charge in [-0.15, -0.1) is 0 Å². The van der Waals surface area contributed by atoms with Crippen molar-refractivity contribution in [2.45, 2.75) is 12.5 Å². The van der Waals surface area contributed by atoms with Crippen molar-refractivity contribution in [2.24, 2.45) is 0 Å². The number of aromatic nitrogens is 2. The summed E-state index contributed by atoms with van der Waals surface area (Å²) in [4.78, 5) is 19.0. The molecule has 2 aromatic heterocycles. The molecule has 24 heavy (non-hydrogen) atoms. The van der Waals surface area contributed by atoms with Crippen molar-refractivity contribution < 1.29 is 15.1 Å². The highest BCUT2D eigenvalue weighted by molar-refractivity contribution is 6.12. The number of aromatic amines is 2. The maximum absolute atomic E-state index is 12.8. The van der Waals surface area contributed by atoms with Gasteiger partial charge in [-0.05, 0) is 29.7 Å². The lowest BCUT2D eigenvalue weighted by molar-refractivity contribution is -0.121. The van der Waals surface area contributed by atoms with Crippen LogP contribution < -0.4 is 0 Å². The minimum absolute atomic E-state index is 0.0807. The molecular formula is C18H15N3O3. The minimum atomic E-state index is -0.363. The van der Waals surface area contributed by atoms with Crippen molar-refractivity contribution in [3.8, 4) is 16.9 Å². The van der Waals surface area contributed by atoms with E-state index in [-0.39, 0.29) is 17.6 Å². The molecule has 6 heteroatoms. The molecule has 0 radical (unpaired) electrons. The third kappa shape index (κ3) is 1.64. The molecule has 5 rings (SSSR count). The molecular weight excluding hydrogens is 306 g/mol. The fourth-order valence-corrected chi connectivity index (χ4v) is 3.90. The molecule has 1 aliphatic heterocycles. The van der Waals surface area contributed by atoms with E-state index in [1.807, 2.05) is 6.20 Å². The third-order valence-electron chi connectivity index (χ3n) is 5.01. The number of phenolic OH excluding ortho intramolecular Hbond substituents is 1. The van der Waals surface area contributed by atoms with Gasteiger partial charge in [-0.1, -0.05) is 12.1 Å². The number of ketones is 1. The number of benzene rings is 1. The zero-order valence-electron chi connectivity index (χ0n) is 12.7. The monoisotopic (exact) mass is 321 g/mol. The van der Waals surface area contributed by atoms with Crippen LogP contribution in [0.4, 0.5) is 0 Å². The van der Waals surface area contributed by atoms with E-state index in [9.17, 15) is 15.1 Å². The molecule has 1 atom stereocenters. The highest BCUT2D eigenvalue weighted by atomic mass is 16.5. The SMILES string of the molecule is O=C1c2[nH]cc3c2C(c2c(-c4ccc(O)cc4)c[nH]c21)N(O)CC3. The van der Waals surface area contributed by atoms with E-state index in [4.69, 9.17) is 0 Å². The Bertz CT molecular complexity index is 968. The highest BCUT2D eigenvalue weighted by Gasteiger charge is 2.42. The number of phenols is 1. The van der Waals surface area contributed by atoms with Gasteiger partial charge in [0.1, 0.15) is 5.75 Å². The molecule has 1 aliphatic carbocycles. The first-order valence-corrected chi connectivity index (χ1v) is 7.86. The zero-order valence-corrected chi connectivity index (χ0v) is 12.7. The van der Waals surface area contributed by atoms with E-state index in [0.29, 0.717) is 24.4 Å². The molecule has 0 spiro atoms. The Balaban J connectivity index is 1.77. The first-order valence-electron chi connectivity index (χ1n) is 7.86. The summed E-state index contributed by atoms with van der Waals surface area (Å²) < 4.78 is 0. The van der Waals surface area contributed by atoms with Crippen LogP contribution in [0.2, 0.25) is 0 Å². The number of hydrogen-bond donors (Lipinski definition) is 4. The Kier molecular flexibility index (Phi) is 2.60. The van der Waals surface area contributed by atoms with Crippen LogP contribution in [0.1, 0.15) is 38.9 Å². The Morgan fingerprint density at radius 3 is 2.54 bits per heavy atom. The standard InChI is InChI=1S/C18H15N3O3/c22-11-3-1-9(2-4-11)12-8-20-16-14(12)17-13-10(5-6-21(17)24)7-19-15(13)18(16)23/h1-4,7-8,17,19-20,22,24H,5-6H2.